The van der Waals surface area contributed by atoms with Gasteiger partial charge in [-0.2, -0.15) is 0 Å². The van der Waals surface area contributed by atoms with Crippen LogP contribution in [0.2, 0.25) is 0 Å². The van der Waals surface area contributed by atoms with Gasteiger partial charge in [-0.05, 0) is 41.4 Å². The Labute approximate surface area is 119 Å². The number of nitro groups is 1. The second-order valence-electron chi connectivity index (χ2n) is 4.16. The summed E-state index contributed by atoms with van der Waals surface area (Å²) >= 11 is 3.10. The van der Waals surface area contributed by atoms with Gasteiger partial charge < -0.3 is 10.6 Å². The Balaban J connectivity index is 2.60. The van der Waals surface area contributed by atoms with Crippen LogP contribution < -0.4 is 10.6 Å². The maximum absolute atomic E-state index is 11.6. The van der Waals surface area contributed by atoms with Gasteiger partial charge in [0.15, 0.2) is 0 Å². The fraction of sp³-hybridized carbons (Fsp3) is 0.417. The third-order valence-electron chi connectivity index (χ3n) is 2.65. The first kappa shape index (κ1) is 15.6. The van der Waals surface area contributed by atoms with Gasteiger partial charge in [-0.25, -0.2) is 0 Å². The lowest BCUT2D eigenvalue weighted by molar-refractivity contribution is -0.385. The normalized spacial score (nSPS) is 11.9. The molecule has 0 saturated heterocycles. The number of nitrogens with zero attached hydrogens (tertiary/aromatic N) is 1. The number of nitro benzene ring substituents is 1. The van der Waals surface area contributed by atoms with Crippen LogP contribution in [-0.2, 0) is 4.79 Å². The minimum atomic E-state index is -0.486. The lowest BCUT2D eigenvalue weighted by Gasteiger charge is -2.11. The van der Waals surface area contributed by atoms with Crippen molar-refractivity contribution in [1.29, 1.82) is 0 Å². The summed E-state index contributed by atoms with van der Waals surface area (Å²) in [7, 11) is 0. The number of amides is 1. The van der Waals surface area contributed by atoms with Gasteiger partial charge in [0.25, 0.3) is 5.69 Å². The number of carbonyl (C=O) groups excluding carboxylic acids is 1. The van der Waals surface area contributed by atoms with Crippen molar-refractivity contribution in [3.8, 4) is 0 Å². The quantitative estimate of drug-likeness (QED) is 0.620. The third kappa shape index (κ3) is 4.96. The molecular formula is C12H16BrN3O3. The number of rotatable bonds is 6. The van der Waals surface area contributed by atoms with Crippen LogP contribution in [0.3, 0.4) is 0 Å². The van der Waals surface area contributed by atoms with Crippen molar-refractivity contribution in [3.63, 3.8) is 0 Å². The number of nitrogens with one attached hydrogen (secondary N) is 2. The fourth-order valence-electron chi connectivity index (χ4n) is 1.35. The summed E-state index contributed by atoms with van der Waals surface area (Å²) in [6.45, 7) is 4.24. The molecule has 0 aromatic heterocycles. The zero-order valence-electron chi connectivity index (χ0n) is 10.8. The number of anilines is 1. The first-order valence-electron chi connectivity index (χ1n) is 5.91. The average Bonchev–Trinajstić information content (AvgIpc) is 2.35. The van der Waals surface area contributed by atoms with E-state index in [2.05, 4.69) is 26.6 Å². The van der Waals surface area contributed by atoms with Crippen molar-refractivity contribution in [1.82, 2.24) is 5.32 Å². The smallest absolute Gasteiger partial charge is 0.283 e. The van der Waals surface area contributed by atoms with Gasteiger partial charge in [-0.15, -0.1) is 0 Å². The summed E-state index contributed by atoms with van der Waals surface area (Å²) in [5, 5.41) is 16.4. The predicted octanol–water partition coefficient (Wildman–Crippen LogP) is 2.68. The number of benzene rings is 1. The summed E-state index contributed by atoms with van der Waals surface area (Å²) in [5.41, 5.74) is 0.490. The molecule has 1 rings (SSSR count). The molecule has 1 unspecified atom stereocenters. The van der Waals surface area contributed by atoms with Crippen LogP contribution in [0.25, 0.3) is 0 Å². The molecule has 2 N–H and O–H groups in total. The highest BCUT2D eigenvalue weighted by atomic mass is 79.9. The van der Waals surface area contributed by atoms with Gasteiger partial charge in [0.2, 0.25) is 5.91 Å². The molecule has 7 heteroatoms. The largest absolute Gasteiger partial charge is 0.325 e. The standard InChI is InChI=1S/C12H16BrN3O3/c1-3-8(2)14-7-12(17)15-9-4-5-11(16(18)19)10(13)6-9/h4-6,8,14H,3,7H2,1-2H3,(H,15,17). The first-order chi connectivity index (χ1) is 8.93. The Morgan fingerprint density at radius 2 is 2.21 bits per heavy atom. The molecule has 0 bridgehead atoms. The van der Waals surface area contributed by atoms with Crippen LogP contribution in [0.5, 0.6) is 0 Å². The molecule has 0 aliphatic rings. The summed E-state index contributed by atoms with van der Waals surface area (Å²) in [6, 6.07) is 4.64. The van der Waals surface area contributed by atoms with Gasteiger partial charge in [0.05, 0.1) is 15.9 Å². The van der Waals surface area contributed by atoms with E-state index in [1.807, 2.05) is 13.8 Å². The van der Waals surface area contributed by atoms with Crippen LogP contribution in [0.4, 0.5) is 11.4 Å². The summed E-state index contributed by atoms with van der Waals surface area (Å²) in [5.74, 6) is -0.180. The Hall–Kier alpha value is -1.47. The van der Waals surface area contributed by atoms with Crippen molar-refractivity contribution < 1.29 is 9.72 Å². The zero-order chi connectivity index (χ0) is 14.4. The first-order valence-corrected chi connectivity index (χ1v) is 6.70. The maximum Gasteiger partial charge on any atom is 0.283 e. The van der Waals surface area contributed by atoms with Crippen LogP contribution in [0, 0.1) is 10.1 Å². The Morgan fingerprint density at radius 3 is 2.74 bits per heavy atom. The molecule has 19 heavy (non-hydrogen) atoms. The SMILES string of the molecule is CCC(C)NCC(=O)Nc1ccc([N+](=O)[O-])c(Br)c1. The van der Waals surface area contributed by atoms with Crippen LogP contribution >= 0.6 is 15.9 Å². The molecule has 0 aliphatic carbocycles. The van der Waals surface area contributed by atoms with Gasteiger partial charge in [0, 0.05) is 17.8 Å². The minimum Gasteiger partial charge on any atom is -0.325 e. The lowest BCUT2D eigenvalue weighted by Crippen LogP contribution is -2.33. The van der Waals surface area contributed by atoms with Gasteiger partial charge >= 0.3 is 0 Å². The summed E-state index contributed by atoms with van der Waals surface area (Å²) in [4.78, 5) is 21.8. The number of hydrogen-bond acceptors (Lipinski definition) is 4. The highest BCUT2D eigenvalue weighted by Gasteiger charge is 2.12. The molecule has 0 aliphatic heterocycles. The van der Waals surface area contributed by atoms with E-state index in [-0.39, 0.29) is 24.2 Å². The van der Waals surface area contributed by atoms with Crippen molar-refractivity contribution in [2.75, 3.05) is 11.9 Å². The topological polar surface area (TPSA) is 84.3 Å². The van der Waals surface area contributed by atoms with Crippen LogP contribution in [0.1, 0.15) is 20.3 Å². The van der Waals surface area contributed by atoms with Crippen molar-refractivity contribution >= 4 is 33.2 Å². The minimum absolute atomic E-state index is 0.0317. The number of halogens is 1. The molecule has 0 saturated carbocycles. The molecule has 1 amide bonds. The van der Waals surface area contributed by atoms with Crippen molar-refractivity contribution in [3.05, 3.63) is 32.8 Å². The fourth-order valence-corrected chi connectivity index (χ4v) is 1.87. The second kappa shape index (κ2) is 7.20. The molecule has 6 nitrogen and oxygen atoms in total. The van der Waals surface area contributed by atoms with E-state index < -0.39 is 4.92 Å². The van der Waals surface area contributed by atoms with Crippen molar-refractivity contribution in [2.24, 2.45) is 0 Å². The average molecular weight is 330 g/mol. The van der Waals surface area contributed by atoms with Crippen molar-refractivity contribution in [2.45, 2.75) is 26.3 Å². The molecule has 1 aromatic rings. The predicted molar refractivity (Wildman–Crippen MR) is 77.2 cm³/mol. The number of carbonyl (C=O) groups is 1. The Bertz CT molecular complexity index is 479. The van der Waals surface area contributed by atoms with E-state index in [4.69, 9.17) is 0 Å². The molecule has 0 fully saturated rings. The molecule has 0 heterocycles. The lowest BCUT2D eigenvalue weighted by atomic mass is 10.2. The highest BCUT2D eigenvalue weighted by molar-refractivity contribution is 9.10. The summed E-state index contributed by atoms with van der Waals surface area (Å²) in [6.07, 6.45) is 0.941. The molecular weight excluding hydrogens is 314 g/mol. The number of hydrogen-bond donors (Lipinski definition) is 2. The van der Waals surface area contributed by atoms with Gasteiger partial charge in [-0.1, -0.05) is 6.92 Å². The third-order valence-corrected chi connectivity index (χ3v) is 3.29. The molecule has 0 radical (unpaired) electrons. The van der Waals surface area contributed by atoms with Gasteiger partial charge in [-0.3, -0.25) is 14.9 Å². The van der Waals surface area contributed by atoms with E-state index in [0.717, 1.165) is 6.42 Å². The van der Waals surface area contributed by atoms with E-state index in [0.29, 0.717) is 10.2 Å². The molecule has 104 valence electrons. The molecule has 1 atom stereocenters. The second-order valence-corrected chi connectivity index (χ2v) is 5.02. The summed E-state index contributed by atoms with van der Waals surface area (Å²) < 4.78 is 0.338. The van der Waals surface area contributed by atoms with Crippen LogP contribution in [-0.4, -0.2) is 23.4 Å². The van der Waals surface area contributed by atoms with E-state index in [1.165, 1.54) is 18.2 Å². The monoisotopic (exact) mass is 329 g/mol. The Kier molecular flexibility index (Phi) is 5.91. The van der Waals surface area contributed by atoms with E-state index >= 15 is 0 Å². The van der Waals surface area contributed by atoms with E-state index in [1.54, 1.807) is 0 Å². The van der Waals surface area contributed by atoms with Gasteiger partial charge in [0.1, 0.15) is 0 Å². The van der Waals surface area contributed by atoms with Crippen LogP contribution in [0.15, 0.2) is 22.7 Å². The zero-order valence-corrected chi connectivity index (χ0v) is 12.4. The highest BCUT2D eigenvalue weighted by Crippen LogP contribution is 2.27. The molecule has 0 spiro atoms. The molecule has 1 aromatic carbocycles. The Morgan fingerprint density at radius 1 is 1.53 bits per heavy atom. The maximum atomic E-state index is 11.6. The van der Waals surface area contributed by atoms with E-state index in [9.17, 15) is 14.9 Å².